The van der Waals surface area contributed by atoms with Crippen molar-refractivity contribution in [1.82, 2.24) is 5.32 Å². The summed E-state index contributed by atoms with van der Waals surface area (Å²) in [6.45, 7) is 6.01. The first-order chi connectivity index (χ1) is 12.3. The maximum absolute atomic E-state index is 8.29. The van der Waals surface area contributed by atoms with Crippen molar-refractivity contribution in [3.05, 3.63) is 0 Å². The number of hydrogen-bond donors (Lipinski definition) is 2. The Morgan fingerprint density at radius 1 is 0.500 bits per heavy atom. The molecule has 0 aromatic carbocycles. The van der Waals surface area contributed by atoms with Crippen LogP contribution in [-0.2, 0) is 0 Å². The zero-order valence-corrected chi connectivity index (χ0v) is 20.2. The van der Waals surface area contributed by atoms with E-state index in [4.69, 9.17) is 5.11 Å². The lowest BCUT2D eigenvalue weighted by Crippen LogP contribution is -2.06. The van der Waals surface area contributed by atoms with E-state index in [0.29, 0.717) is 6.61 Å². The first-order valence-corrected chi connectivity index (χ1v) is 11.6. The predicted octanol–water partition coefficient (Wildman–Crippen LogP) is 7.82. The van der Waals surface area contributed by atoms with Gasteiger partial charge in [0.05, 0.1) is 0 Å². The number of halogens is 1. The van der Waals surface area contributed by atoms with E-state index in [1.54, 1.807) is 0 Å². The van der Waals surface area contributed by atoms with Crippen LogP contribution in [0.25, 0.3) is 0 Å². The lowest BCUT2D eigenvalue weighted by molar-refractivity contribution is 0.283. The van der Waals surface area contributed by atoms with Crippen molar-refractivity contribution in [2.24, 2.45) is 0 Å². The van der Waals surface area contributed by atoms with Gasteiger partial charge in [-0.15, -0.1) is 17.0 Å². The van der Waals surface area contributed by atoms with Gasteiger partial charge in [0, 0.05) is 6.61 Å². The molecule has 0 amide bonds. The van der Waals surface area contributed by atoms with Crippen LogP contribution >= 0.6 is 17.0 Å². The molecule has 0 fully saturated rings. The third-order valence-corrected chi connectivity index (χ3v) is 4.79. The van der Waals surface area contributed by atoms with Gasteiger partial charge in [-0.05, 0) is 26.4 Å². The van der Waals surface area contributed by atoms with E-state index in [1.165, 1.54) is 116 Å². The second-order valence-electron chi connectivity index (χ2n) is 7.48. The van der Waals surface area contributed by atoms with E-state index in [1.807, 2.05) is 7.05 Å². The van der Waals surface area contributed by atoms with Crippen LogP contribution in [0.1, 0.15) is 129 Å². The van der Waals surface area contributed by atoms with Gasteiger partial charge in [0.1, 0.15) is 0 Å². The maximum Gasteiger partial charge on any atom is 0.0431 e. The first-order valence-electron chi connectivity index (χ1n) is 11.6. The predicted molar refractivity (Wildman–Crippen MR) is 126 cm³/mol. The summed E-state index contributed by atoms with van der Waals surface area (Å²) < 4.78 is 0. The van der Waals surface area contributed by atoms with Crippen molar-refractivity contribution in [1.29, 1.82) is 0 Å². The molecule has 0 aromatic rings. The molecule has 2 N–H and O–H groups in total. The summed E-state index contributed by atoms with van der Waals surface area (Å²) in [4.78, 5) is 0. The minimum absolute atomic E-state index is 0. The zero-order chi connectivity index (χ0) is 18.8. The van der Waals surface area contributed by atoms with Crippen LogP contribution in [0.4, 0.5) is 0 Å². The highest BCUT2D eigenvalue weighted by Gasteiger charge is 1.93. The molecule has 3 heteroatoms. The highest BCUT2D eigenvalue weighted by Crippen LogP contribution is 2.12. The number of aliphatic hydroxyl groups excluding tert-OH is 1. The Labute approximate surface area is 177 Å². The highest BCUT2D eigenvalue weighted by atomic mass is 79.9. The minimum atomic E-state index is 0. The van der Waals surface area contributed by atoms with E-state index < -0.39 is 0 Å². The van der Waals surface area contributed by atoms with Crippen molar-refractivity contribution >= 4 is 17.0 Å². The lowest BCUT2D eigenvalue weighted by atomic mass is 10.0. The fourth-order valence-corrected chi connectivity index (χ4v) is 3.03. The first kappa shape index (κ1) is 31.1. The molecule has 26 heavy (non-hydrogen) atoms. The maximum atomic E-state index is 8.29. The fraction of sp³-hybridized carbons (Fsp3) is 1.00. The Balaban J connectivity index is -0.000000561. The third-order valence-electron chi connectivity index (χ3n) is 4.79. The van der Waals surface area contributed by atoms with Crippen LogP contribution in [0.2, 0.25) is 0 Å². The molecule has 0 aliphatic heterocycles. The van der Waals surface area contributed by atoms with E-state index in [0.717, 1.165) is 6.42 Å². The van der Waals surface area contributed by atoms with E-state index >= 15 is 0 Å². The van der Waals surface area contributed by atoms with E-state index in [-0.39, 0.29) is 17.0 Å². The van der Waals surface area contributed by atoms with Crippen LogP contribution in [0.3, 0.4) is 0 Å². The molecule has 0 bridgehead atoms. The smallest absolute Gasteiger partial charge is 0.0431 e. The number of nitrogens with one attached hydrogen (secondary N) is 1. The van der Waals surface area contributed by atoms with Gasteiger partial charge in [-0.25, -0.2) is 0 Å². The molecule has 0 aromatic heterocycles. The summed E-state index contributed by atoms with van der Waals surface area (Å²) in [5.74, 6) is 0. The summed E-state index contributed by atoms with van der Waals surface area (Å²) in [5, 5.41) is 11.5. The average Bonchev–Trinajstić information content (AvgIpc) is 2.63. The third kappa shape index (κ3) is 35.5. The van der Waals surface area contributed by atoms with E-state index in [2.05, 4.69) is 19.2 Å². The van der Waals surface area contributed by atoms with Gasteiger partial charge in [0.15, 0.2) is 0 Å². The molecule has 0 unspecified atom stereocenters. The second-order valence-corrected chi connectivity index (χ2v) is 7.48. The van der Waals surface area contributed by atoms with Crippen molar-refractivity contribution in [2.75, 3.05) is 20.2 Å². The fourth-order valence-electron chi connectivity index (χ4n) is 3.03. The minimum Gasteiger partial charge on any atom is -0.396 e. The number of hydrogen-bond acceptors (Lipinski definition) is 2. The monoisotopic (exact) mass is 437 g/mol. The standard InChI is InChI=1S/C17H37N.C6H14O.BrH/c1-3-4-5-6-7-8-9-10-11-12-13-14-15-16-17-18-2;1-2-3-4-5-6-7;/h18H,3-17H2,1-2H3;7H,2-6H2,1H3;1H. The Bertz CT molecular complexity index is 183. The molecule has 0 saturated heterocycles. The van der Waals surface area contributed by atoms with E-state index in [9.17, 15) is 0 Å². The number of rotatable bonds is 19. The van der Waals surface area contributed by atoms with Crippen molar-refractivity contribution < 1.29 is 5.11 Å². The molecule has 0 atom stereocenters. The SMILES string of the molecule is Br.CCCCCCCCCCCCCCCCNC.CCCCCCO. The van der Waals surface area contributed by atoms with Gasteiger partial charge in [-0.2, -0.15) is 0 Å². The van der Waals surface area contributed by atoms with Crippen LogP contribution in [0, 0.1) is 0 Å². The number of aliphatic hydroxyl groups is 1. The van der Waals surface area contributed by atoms with Gasteiger partial charge in [0.25, 0.3) is 0 Å². The average molecular weight is 439 g/mol. The topological polar surface area (TPSA) is 32.3 Å². The molecule has 0 spiro atoms. The van der Waals surface area contributed by atoms with Crippen molar-refractivity contribution in [3.8, 4) is 0 Å². The zero-order valence-electron chi connectivity index (χ0n) is 18.5. The van der Waals surface area contributed by atoms with Crippen molar-refractivity contribution in [2.45, 2.75) is 129 Å². The molecular formula is C23H52BrNO. The lowest BCUT2D eigenvalue weighted by Gasteiger charge is -2.03. The van der Waals surface area contributed by atoms with Crippen LogP contribution in [-0.4, -0.2) is 25.3 Å². The molecule has 0 rings (SSSR count). The number of unbranched alkanes of at least 4 members (excludes halogenated alkanes) is 16. The summed E-state index contributed by atoms with van der Waals surface area (Å²) in [6, 6.07) is 0. The van der Waals surface area contributed by atoms with Crippen LogP contribution < -0.4 is 5.32 Å². The molecule has 162 valence electrons. The highest BCUT2D eigenvalue weighted by molar-refractivity contribution is 8.93. The van der Waals surface area contributed by atoms with Crippen LogP contribution in [0.5, 0.6) is 0 Å². The van der Waals surface area contributed by atoms with Gasteiger partial charge < -0.3 is 10.4 Å². The summed E-state index contributed by atoms with van der Waals surface area (Å²) in [6.07, 6.45) is 24.9. The second kappa shape index (κ2) is 33.0. The summed E-state index contributed by atoms with van der Waals surface area (Å²) in [7, 11) is 2.04. The normalized spacial score (nSPS) is 10.2. The summed E-state index contributed by atoms with van der Waals surface area (Å²) in [5.41, 5.74) is 0. The van der Waals surface area contributed by atoms with Gasteiger partial charge in [-0.3, -0.25) is 0 Å². The molecule has 0 saturated carbocycles. The van der Waals surface area contributed by atoms with Gasteiger partial charge in [-0.1, -0.05) is 117 Å². The quantitative estimate of drug-likeness (QED) is 0.201. The van der Waals surface area contributed by atoms with Crippen molar-refractivity contribution in [3.63, 3.8) is 0 Å². The van der Waals surface area contributed by atoms with Gasteiger partial charge in [0.2, 0.25) is 0 Å². The largest absolute Gasteiger partial charge is 0.396 e. The Kier molecular flexibility index (Phi) is 39.5. The molecule has 0 aliphatic rings. The molecule has 0 radical (unpaired) electrons. The van der Waals surface area contributed by atoms with Gasteiger partial charge >= 0.3 is 0 Å². The molecular weight excluding hydrogens is 386 g/mol. The Morgan fingerprint density at radius 2 is 0.808 bits per heavy atom. The molecule has 2 nitrogen and oxygen atoms in total. The molecule has 0 aliphatic carbocycles. The van der Waals surface area contributed by atoms with Crippen LogP contribution in [0.15, 0.2) is 0 Å². The summed E-state index contributed by atoms with van der Waals surface area (Å²) >= 11 is 0. The molecule has 0 heterocycles. The Hall–Kier alpha value is 0.400. The Morgan fingerprint density at radius 3 is 1.12 bits per heavy atom.